The monoisotopic (exact) mass is 830 g/mol. The predicted octanol–water partition coefficient (Wildman–Crippen LogP) is 14.3. The summed E-state index contributed by atoms with van der Waals surface area (Å²) in [6.45, 7) is 5.91. The minimum Gasteiger partial charge on any atom is -0.494 e. The van der Waals surface area contributed by atoms with E-state index < -0.39 is 11.9 Å². The lowest BCUT2D eigenvalue weighted by molar-refractivity contribution is 0.0724. The molecule has 0 saturated carbocycles. The molecule has 0 aliphatic carbocycles. The van der Waals surface area contributed by atoms with Crippen molar-refractivity contribution in [3.8, 4) is 23.0 Å². The maximum absolute atomic E-state index is 13.3. The smallest absolute Gasteiger partial charge is 0.343 e. The minimum atomic E-state index is -0.507. The Hall–Kier alpha value is -6.54. The van der Waals surface area contributed by atoms with Gasteiger partial charge in [-0.1, -0.05) is 121 Å². The molecule has 0 heterocycles. The van der Waals surface area contributed by atoms with E-state index in [4.69, 9.17) is 18.9 Å². The van der Waals surface area contributed by atoms with Gasteiger partial charge in [-0.3, -0.25) is 9.98 Å². The molecule has 0 fully saturated rings. The topological polar surface area (TPSA) is 95.8 Å². The van der Waals surface area contributed by atoms with Gasteiger partial charge in [0.1, 0.15) is 23.0 Å². The first-order chi connectivity index (χ1) is 30.5. The lowest BCUT2D eigenvalue weighted by Crippen LogP contribution is -2.09. The van der Waals surface area contributed by atoms with Gasteiger partial charge < -0.3 is 18.9 Å². The summed E-state index contributed by atoms with van der Waals surface area (Å²) in [4.78, 5) is 35.6. The van der Waals surface area contributed by atoms with Crippen molar-refractivity contribution in [2.24, 2.45) is 9.98 Å². The average Bonchev–Trinajstić information content (AvgIpc) is 3.31. The van der Waals surface area contributed by atoms with Crippen LogP contribution >= 0.6 is 0 Å². The highest BCUT2D eigenvalue weighted by molar-refractivity contribution is 5.97. The van der Waals surface area contributed by atoms with Crippen LogP contribution in [0.15, 0.2) is 143 Å². The SMILES string of the molecule is CCCCCCCCOc1ccc(N=Cc2ccc(C(=O)Oc3ccc4cccc(OC(=O)c5ccc(C=Nc6ccc(OCCCCCCCC)cc6)cc5)c4c3)cc2)cc1. The van der Waals surface area contributed by atoms with Crippen molar-refractivity contribution in [3.63, 3.8) is 0 Å². The standard InChI is InChI=1S/C54H58N2O6/c1-3-5-7-9-11-13-36-59-48-32-27-46(28-33-48)55-39-41-18-22-44(23-19-41)53(57)61-50-31-26-43-16-15-17-52(51(43)38-50)62-54(58)45-24-20-42(21-25-45)40-56-47-29-34-49(35-30-47)60-37-14-12-10-8-6-4-2/h15-35,38-40H,3-14,36-37H2,1-2H3. The maximum Gasteiger partial charge on any atom is 0.343 e. The Balaban J connectivity index is 0.973. The van der Waals surface area contributed by atoms with Crippen LogP contribution in [0.5, 0.6) is 23.0 Å². The van der Waals surface area contributed by atoms with Gasteiger partial charge in [-0.2, -0.15) is 0 Å². The molecule has 0 aromatic heterocycles. The molecule has 62 heavy (non-hydrogen) atoms. The Kier molecular flexibility index (Phi) is 17.9. The summed E-state index contributed by atoms with van der Waals surface area (Å²) in [6.07, 6.45) is 18.3. The fraction of sp³-hybridized carbons (Fsp3) is 0.296. The van der Waals surface area contributed by atoms with Gasteiger partial charge in [0.05, 0.1) is 35.7 Å². The summed E-state index contributed by atoms with van der Waals surface area (Å²) < 4.78 is 23.4. The van der Waals surface area contributed by atoms with Crippen molar-refractivity contribution in [2.75, 3.05) is 13.2 Å². The van der Waals surface area contributed by atoms with E-state index in [9.17, 15) is 9.59 Å². The Labute approximate surface area is 366 Å². The van der Waals surface area contributed by atoms with Gasteiger partial charge in [-0.25, -0.2) is 9.59 Å². The normalized spacial score (nSPS) is 11.3. The molecule has 320 valence electrons. The van der Waals surface area contributed by atoms with Crippen LogP contribution < -0.4 is 18.9 Å². The number of carbonyl (C=O) groups excluding carboxylic acids is 2. The molecule has 8 nitrogen and oxygen atoms in total. The van der Waals surface area contributed by atoms with E-state index in [0.717, 1.165) is 65.4 Å². The average molecular weight is 831 g/mol. The second-order valence-corrected chi connectivity index (χ2v) is 15.4. The fourth-order valence-corrected chi connectivity index (χ4v) is 6.81. The van der Waals surface area contributed by atoms with Crippen molar-refractivity contribution in [3.05, 3.63) is 156 Å². The zero-order valence-electron chi connectivity index (χ0n) is 36.1. The van der Waals surface area contributed by atoms with E-state index in [0.29, 0.717) is 28.0 Å². The van der Waals surface area contributed by atoms with Gasteiger partial charge in [-0.15, -0.1) is 0 Å². The van der Waals surface area contributed by atoms with Crippen molar-refractivity contribution >= 4 is 46.5 Å². The second-order valence-electron chi connectivity index (χ2n) is 15.4. The van der Waals surface area contributed by atoms with Gasteiger partial charge in [0.25, 0.3) is 0 Å². The van der Waals surface area contributed by atoms with E-state index in [1.54, 1.807) is 54.9 Å². The molecule has 6 aromatic carbocycles. The molecule has 0 aliphatic heterocycles. The molecule has 0 N–H and O–H groups in total. The van der Waals surface area contributed by atoms with E-state index in [1.165, 1.54) is 64.2 Å². The lowest BCUT2D eigenvalue weighted by atomic mass is 10.1. The molecule has 0 spiro atoms. The number of hydrogen-bond acceptors (Lipinski definition) is 8. The number of hydrogen-bond donors (Lipinski definition) is 0. The third-order valence-corrected chi connectivity index (χ3v) is 10.5. The van der Waals surface area contributed by atoms with Crippen LogP contribution in [0.3, 0.4) is 0 Å². The van der Waals surface area contributed by atoms with Gasteiger partial charge >= 0.3 is 11.9 Å². The predicted molar refractivity (Wildman–Crippen MR) is 252 cm³/mol. The Morgan fingerprint density at radius 2 is 0.919 bits per heavy atom. The first kappa shape index (κ1) is 45.0. The highest BCUT2D eigenvalue weighted by Gasteiger charge is 2.14. The van der Waals surface area contributed by atoms with Crippen molar-refractivity contribution < 1.29 is 28.5 Å². The van der Waals surface area contributed by atoms with Gasteiger partial charge in [0.2, 0.25) is 0 Å². The molecule has 6 aromatic rings. The number of rotatable bonds is 24. The molecule has 0 bridgehead atoms. The number of carbonyl (C=O) groups is 2. The van der Waals surface area contributed by atoms with Crippen LogP contribution in [0.4, 0.5) is 11.4 Å². The summed E-state index contributed by atoms with van der Waals surface area (Å²) in [7, 11) is 0. The largest absolute Gasteiger partial charge is 0.494 e. The Bertz CT molecular complexity index is 2350. The molecule has 8 heteroatoms. The molecule has 0 amide bonds. The van der Waals surface area contributed by atoms with Gasteiger partial charge in [-0.05, 0) is 120 Å². The van der Waals surface area contributed by atoms with Crippen LogP contribution in [0, 0.1) is 0 Å². The summed E-state index contributed by atoms with van der Waals surface area (Å²) in [5.41, 5.74) is 4.09. The number of ether oxygens (including phenoxy) is 4. The van der Waals surface area contributed by atoms with E-state index in [-0.39, 0.29) is 0 Å². The van der Waals surface area contributed by atoms with Crippen molar-refractivity contribution in [1.82, 2.24) is 0 Å². The lowest BCUT2D eigenvalue weighted by Gasteiger charge is -2.10. The van der Waals surface area contributed by atoms with Crippen LogP contribution in [0.25, 0.3) is 10.8 Å². The highest BCUT2D eigenvalue weighted by Crippen LogP contribution is 2.31. The quantitative estimate of drug-likeness (QED) is 0.0261. The summed E-state index contributed by atoms with van der Waals surface area (Å²) in [5, 5.41) is 1.47. The minimum absolute atomic E-state index is 0.329. The van der Waals surface area contributed by atoms with E-state index in [1.807, 2.05) is 91.0 Å². The number of benzene rings is 6. The van der Waals surface area contributed by atoms with Gasteiger partial charge in [0, 0.05) is 17.8 Å². The maximum atomic E-state index is 13.3. The molecule has 0 saturated heterocycles. The third-order valence-electron chi connectivity index (χ3n) is 10.5. The first-order valence-electron chi connectivity index (χ1n) is 22.2. The second kappa shape index (κ2) is 24.7. The number of unbranched alkanes of at least 4 members (excludes halogenated alkanes) is 10. The van der Waals surface area contributed by atoms with Crippen LogP contribution in [-0.2, 0) is 0 Å². The highest BCUT2D eigenvalue weighted by atomic mass is 16.5. The number of nitrogens with zero attached hydrogens (tertiary/aromatic N) is 2. The Morgan fingerprint density at radius 3 is 1.42 bits per heavy atom. The summed E-state index contributed by atoms with van der Waals surface area (Å²) >= 11 is 0. The van der Waals surface area contributed by atoms with Crippen LogP contribution in [-0.4, -0.2) is 37.6 Å². The van der Waals surface area contributed by atoms with E-state index >= 15 is 0 Å². The summed E-state index contributed by atoms with van der Waals surface area (Å²) in [5.74, 6) is 1.36. The molecule has 0 unspecified atom stereocenters. The number of aliphatic imine (C=N–C) groups is 2. The fourth-order valence-electron chi connectivity index (χ4n) is 6.81. The van der Waals surface area contributed by atoms with Crippen LogP contribution in [0.2, 0.25) is 0 Å². The molecule has 6 rings (SSSR count). The molecule has 0 radical (unpaired) electrons. The van der Waals surface area contributed by atoms with E-state index in [2.05, 4.69) is 23.8 Å². The molecular weight excluding hydrogens is 773 g/mol. The first-order valence-corrected chi connectivity index (χ1v) is 22.2. The molecule has 0 aliphatic rings. The summed E-state index contributed by atoms with van der Waals surface area (Å²) in [6, 6.07) is 40.3. The third kappa shape index (κ3) is 14.6. The van der Waals surface area contributed by atoms with Crippen molar-refractivity contribution in [1.29, 1.82) is 0 Å². The zero-order chi connectivity index (χ0) is 43.2. The molecular formula is C54H58N2O6. The number of fused-ring (bicyclic) bond motifs is 1. The number of esters is 2. The molecule has 0 atom stereocenters. The zero-order valence-corrected chi connectivity index (χ0v) is 36.1. The van der Waals surface area contributed by atoms with Crippen molar-refractivity contribution in [2.45, 2.75) is 90.9 Å². The van der Waals surface area contributed by atoms with Gasteiger partial charge in [0.15, 0.2) is 0 Å². The Morgan fingerprint density at radius 1 is 0.468 bits per heavy atom. The van der Waals surface area contributed by atoms with Crippen LogP contribution in [0.1, 0.15) is 123 Å².